The van der Waals surface area contributed by atoms with Crippen LogP contribution in [0.3, 0.4) is 0 Å². The molecule has 19 heavy (non-hydrogen) atoms. The van der Waals surface area contributed by atoms with Gasteiger partial charge in [0.15, 0.2) is 0 Å². The summed E-state index contributed by atoms with van der Waals surface area (Å²) in [7, 11) is 0. The van der Waals surface area contributed by atoms with Gasteiger partial charge in [-0.1, -0.05) is 51.0 Å². The van der Waals surface area contributed by atoms with Crippen LogP contribution in [0.15, 0.2) is 24.3 Å². The molecule has 0 heterocycles. The molecule has 0 atom stereocenters. The average Bonchev–Trinajstić information content (AvgIpc) is 2.92. The van der Waals surface area contributed by atoms with Crippen molar-refractivity contribution in [3.63, 3.8) is 0 Å². The average molecular weight is 261 g/mol. The van der Waals surface area contributed by atoms with Crippen LogP contribution in [0.5, 0.6) is 0 Å². The summed E-state index contributed by atoms with van der Waals surface area (Å²) < 4.78 is 0. The lowest BCUT2D eigenvalue weighted by Gasteiger charge is -2.28. The van der Waals surface area contributed by atoms with Crippen LogP contribution in [-0.2, 0) is 6.54 Å². The lowest BCUT2D eigenvalue weighted by atomic mass is 10.0. The Morgan fingerprint density at radius 1 is 1.16 bits per heavy atom. The zero-order valence-corrected chi connectivity index (χ0v) is 12.3. The van der Waals surface area contributed by atoms with Gasteiger partial charge in [-0.25, -0.2) is 0 Å². The van der Waals surface area contributed by atoms with Gasteiger partial charge in [-0.15, -0.1) is 0 Å². The van der Waals surface area contributed by atoms with Gasteiger partial charge in [0.05, 0.1) is 6.61 Å². The van der Waals surface area contributed by atoms with Crippen LogP contribution < -0.4 is 0 Å². The molecule has 0 radical (unpaired) electrons. The summed E-state index contributed by atoms with van der Waals surface area (Å²) in [6, 6.07) is 9.65. The Morgan fingerprint density at radius 2 is 1.79 bits per heavy atom. The fraction of sp³-hybridized carbons (Fsp3) is 0.647. The minimum Gasteiger partial charge on any atom is -0.395 e. The summed E-state index contributed by atoms with van der Waals surface area (Å²) in [5, 5.41) is 9.25. The monoisotopic (exact) mass is 261 g/mol. The van der Waals surface area contributed by atoms with E-state index in [1.165, 1.54) is 36.8 Å². The molecule has 0 aromatic heterocycles. The molecule has 1 N–H and O–H groups in total. The maximum Gasteiger partial charge on any atom is 0.0558 e. The van der Waals surface area contributed by atoms with E-state index in [2.05, 4.69) is 43.0 Å². The second-order valence-electron chi connectivity index (χ2n) is 6.03. The van der Waals surface area contributed by atoms with Crippen molar-refractivity contribution >= 4 is 0 Å². The van der Waals surface area contributed by atoms with Crippen LogP contribution in [0, 0.1) is 0 Å². The van der Waals surface area contributed by atoms with E-state index in [0.29, 0.717) is 12.0 Å². The van der Waals surface area contributed by atoms with Gasteiger partial charge < -0.3 is 5.11 Å². The first-order valence-corrected chi connectivity index (χ1v) is 7.64. The van der Waals surface area contributed by atoms with Crippen molar-refractivity contribution in [1.29, 1.82) is 0 Å². The van der Waals surface area contributed by atoms with Gasteiger partial charge in [0.25, 0.3) is 0 Å². The van der Waals surface area contributed by atoms with Crippen LogP contribution in [-0.4, -0.2) is 29.2 Å². The number of aliphatic hydroxyl groups is 1. The predicted molar refractivity (Wildman–Crippen MR) is 80.3 cm³/mol. The Bertz CT molecular complexity index is 365. The third kappa shape index (κ3) is 4.05. The second-order valence-corrected chi connectivity index (χ2v) is 6.03. The highest BCUT2D eigenvalue weighted by Gasteiger charge is 2.22. The molecule has 0 bridgehead atoms. The number of rotatable bonds is 6. The Kier molecular flexibility index (Phi) is 5.41. The first-order valence-electron chi connectivity index (χ1n) is 7.64. The molecule has 1 aromatic rings. The lowest BCUT2D eigenvalue weighted by molar-refractivity contribution is 0.145. The number of benzene rings is 1. The molecule has 2 nitrogen and oxygen atoms in total. The van der Waals surface area contributed by atoms with E-state index in [9.17, 15) is 5.11 Å². The van der Waals surface area contributed by atoms with Crippen molar-refractivity contribution in [1.82, 2.24) is 4.90 Å². The first-order chi connectivity index (χ1) is 9.20. The number of hydrogen-bond donors (Lipinski definition) is 1. The molecule has 0 saturated heterocycles. The van der Waals surface area contributed by atoms with Gasteiger partial charge in [0.2, 0.25) is 0 Å². The smallest absolute Gasteiger partial charge is 0.0558 e. The van der Waals surface area contributed by atoms with Crippen LogP contribution in [0.2, 0.25) is 0 Å². The number of nitrogens with zero attached hydrogens (tertiary/aromatic N) is 1. The van der Waals surface area contributed by atoms with Gasteiger partial charge in [-0.05, 0) is 29.9 Å². The summed E-state index contributed by atoms with van der Waals surface area (Å²) >= 11 is 0. The molecule has 0 amide bonds. The zero-order chi connectivity index (χ0) is 13.7. The standard InChI is InChI=1S/C17H27NO/c1-14(2)16-9-7-15(8-10-16)13-18(11-12-19)17-5-3-4-6-17/h7-10,14,17,19H,3-6,11-13H2,1-2H3. The topological polar surface area (TPSA) is 23.5 Å². The van der Waals surface area contributed by atoms with E-state index in [1.807, 2.05) is 0 Å². The molecule has 2 rings (SSSR count). The molecule has 1 aliphatic rings. The Labute approximate surface area is 117 Å². The van der Waals surface area contributed by atoms with E-state index in [1.54, 1.807) is 0 Å². The molecular weight excluding hydrogens is 234 g/mol. The van der Waals surface area contributed by atoms with Crippen LogP contribution >= 0.6 is 0 Å². The van der Waals surface area contributed by atoms with E-state index in [0.717, 1.165) is 13.1 Å². The Hall–Kier alpha value is -0.860. The van der Waals surface area contributed by atoms with Crippen molar-refractivity contribution in [2.24, 2.45) is 0 Å². The van der Waals surface area contributed by atoms with Crippen LogP contribution in [0.25, 0.3) is 0 Å². The molecule has 2 heteroatoms. The zero-order valence-electron chi connectivity index (χ0n) is 12.3. The fourth-order valence-electron chi connectivity index (χ4n) is 3.03. The van der Waals surface area contributed by atoms with Crippen molar-refractivity contribution in [3.05, 3.63) is 35.4 Å². The summed E-state index contributed by atoms with van der Waals surface area (Å²) in [4.78, 5) is 2.46. The highest BCUT2D eigenvalue weighted by atomic mass is 16.3. The first kappa shape index (κ1) is 14.5. The van der Waals surface area contributed by atoms with Gasteiger partial charge in [0.1, 0.15) is 0 Å². The lowest BCUT2D eigenvalue weighted by Crippen LogP contribution is -2.35. The normalized spacial score (nSPS) is 16.7. The summed E-state index contributed by atoms with van der Waals surface area (Å²) in [5.74, 6) is 0.595. The number of hydrogen-bond acceptors (Lipinski definition) is 2. The van der Waals surface area contributed by atoms with Crippen molar-refractivity contribution < 1.29 is 5.11 Å². The van der Waals surface area contributed by atoms with Crippen molar-refractivity contribution in [3.8, 4) is 0 Å². The molecule has 1 saturated carbocycles. The molecule has 106 valence electrons. The molecule has 1 fully saturated rings. The summed E-state index contributed by atoms with van der Waals surface area (Å²) in [6.07, 6.45) is 5.28. The SMILES string of the molecule is CC(C)c1ccc(CN(CCO)C2CCCC2)cc1. The van der Waals surface area contributed by atoms with Crippen molar-refractivity contribution in [2.75, 3.05) is 13.2 Å². The Morgan fingerprint density at radius 3 is 2.32 bits per heavy atom. The maximum atomic E-state index is 9.25. The van der Waals surface area contributed by atoms with Crippen molar-refractivity contribution in [2.45, 2.75) is 58.0 Å². The molecule has 0 unspecified atom stereocenters. The van der Waals surface area contributed by atoms with E-state index in [4.69, 9.17) is 0 Å². The fourth-order valence-corrected chi connectivity index (χ4v) is 3.03. The minimum atomic E-state index is 0.264. The highest BCUT2D eigenvalue weighted by Crippen LogP contribution is 2.25. The third-order valence-electron chi connectivity index (χ3n) is 4.26. The van der Waals surface area contributed by atoms with Gasteiger partial charge in [0, 0.05) is 19.1 Å². The molecule has 0 aliphatic heterocycles. The van der Waals surface area contributed by atoms with E-state index < -0.39 is 0 Å². The third-order valence-corrected chi connectivity index (χ3v) is 4.26. The van der Waals surface area contributed by atoms with Crippen LogP contribution in [0.1, 0.15) is 56.6 Å². The molecule has 1 aliphatic carbocycles. The second kappa shape index (κ2) is 7.06. The van der Waals surface area contributed by atoms with Crippen LogP contribution in [0.4, 0.5) is 0 Å². The molecule has 0 spiro atoms. The maximum absolute atomic E-state index is 9.25. The molecule has 1 aromatic carbocycles. The molecular formula is C17H27NO. The quantitative estimate of drug-likeness (QED) is 0.846. The van der Waals surface area contributed by atoms with Gasteiger partial charge >= 0.3 is 0 Å². The summed E-state index contributed by atoms with van der Waals surface area (Å²) in [5.41, 5.74) is 2.77. The van der Waals surface area contributed by atoms with Gasteiger partial charge in [-0.2, -0.15) is 0 Å². The van der Waals surface area contributed by atoms with E-state index >= 15 is 0 Å². The minimum absolute atomic E-state index is 0.264. The Balaban J connectivity index is 1.99. The number of aliphatic hydroxyl groups excluding tert-OH is 1. The summed E-state index contributed by atoms with van der Waals surface area (Å²) in [6.45, 7) is 6.50. The largest absolute Gasteiger partial charge is 0.395 e. The predicted octanol–water partition coefficient (Wildman–Crippen LogP) is 3.55. The van der Waals surface area contributed by atoms with Gasteiger partial charge in [-0.3, -0.25) is 4.90 Å². The highest BCUT2D eigenvalue weighted by molar-refractivity contribution is 5.24. The van der Waals surface area contributed by atoms with E-state index in [-0.39, 0.29) is 6.61 Å².